The van der Waals surface area contributed by atoms with E-state index in [-0.39, 0.29) is 16.9 Å². The molecule has 0 aliphatic heterocycles. The Morgan fingerprint density at radius 3 is 2.52 bits per heavy atom. The van der Waals surface area contributed by atoms with Crippen LogP contribution >= 0.6 is 0 Å². The van der Waals surface area contributed by atoms with Crippen LogP contribution in [-0.2, 0) is 0 Å². The molecule has 2 N–H and O–H groups in total. The van der Waals surface area contributed by atoms with E-state index in [2.05, 4.69) is 5.32 Å². The lowest BCUT2D eigenvalue weighted by molar-refractivity contribution is 0.0697. The highest BCUT2D eigenvalue weighted by molar-refractivity contribution is 6.06. The fourth-order valence-electron chi connectivity index (χ4n) is 1.76. The molecule has 0 fully saturated rings. The van der Waals surface area contributed by atoms with Crippen LogP contribution in [0.3, 0.4) is 0 Å². The summed E-state index contributed by atoms with van der Waals surface area (Å²) in [5.41, 5.74) is 0.486. The first-order chi connectivity index (χ1) is 10.0. The first kappa shape index (κ1) is 14.5. The molecule has 6 heteroatoms. The molecule has 0 aromatic heterocycles. The van der Waals surface area contributed by atoms with E-state index in [1.807, 2.05) is 0 Å². The smallest absolute Gasteiger partial charge is 0.335 e. The van der Waals surface area contributed by atoms with Crippen molar-refractivity contribution in [2.45, 2.75) is 0 Å². The van der Waals surface area contributed by atoms with Crippen LogP contribution in [0.5, 0.6) is 5.75 Å². The lowest BCUT2D eigenvalue weighted by atomic mass is 10.1. The largest absolute Gasteiger partial charge is 0.494 e. The molecule has 2 aromatic rings. The number of benzene rings is 2. The van der Waals surface area contributed by atoms with Crippen molar-refractivity contribution in [1.82, 2.24) is 0 Å². The van der Waals surface area contributed by atoms with Gasteiger partial charge in [-0.05, 0) is 30.3 Å². The normalized spacial score (nSPS) is 10.0. The van der Waals surface area contributed by atoms with Gasteiger partial charge in [-0.25, -0.2) is 9.18 Å². The fraction of sp³-hybridized carbons (Fsp3) is 0.0667. The number of carbonyl (C=O) groups is 2. The molecule has 0 bridgehead atoms. The summed E-state index contributed by atoms with van der Waals surface area (Å²) in [6.07, 6.45) is 0. The van der Waals surface area contributed by atoms with Gasteiger partial charge in [-0.2, -0.15) is 0 Å². The molecule has 0 saturated carbocycles. The summed E-state index contributed by atoms with van der Waals surface area (Å²) in [7, 11) is 1.36. The first-order valence-electron chi connectivity index (χ1n) is 5.99. The van der Waals surface area contributed by atoms with E-state index >= 15 is 0 Å². The maximum absolute atomic E-state index is 13.1. The van der Waals surface area contributed by atoms with Crippen LogP contribution in [0.25, 0.3) is 0 Å². The van der Waals surface area contributed by atoms with Crippen LogP contribution in [-0.4, -0.2) is 24.1 Å². The number of nitrogens with one attached hydrogen (secondary N) is 1. The average Bonchev–Trinajstić information content (AvgIpc) is 2.49. The van der Waals surface area contributed by atoms with Gasteiger partial charge < -0.3 is 15.2 Å². The van der Waals surface area contributed by atoms with Crippen LogP contribution in [0.2, 0.25) is 0 Å². The third-order valence-electron chi connectivity index (χ3n) is 2.78. The van der Waals surface area contributed by atoms with Crippen LogP contribution in [0.1, 0.15) is 20.7 Å². The van der Waals surface area contributed by atoms with Crippen molar-refractivity contribution in [2.24, 2.45) is 0 Å². The number of ether oxygens (including phenoxy) is 1. The lowest BCUT2D eigenvalue weighted by Gasteiger charge is -2.10. The number of carboxylic acids is 1. The minimum absolute atomic E-state index is 0.00808. The van der Waals surface area contributed by atoms with Gasteiger partial charge in [0.25, 0.3) is 5.91 Å². The van der Waals surface area contributed by atoms with Crippen LogP contribution in [0.15, 0.2) is 42.5 Å². The third kappa shape index (κ3) is 3.36. The van der Waals surface area contributed by atoms with Crippen LogP contribution in [0.4, 0.5) is 10.1 Å². The Morgan fingerprint density at radius 2 is 1.86 bits per heavy atom. The van der Waals surface area contributed by atoms with Crippen molar-refractivity contribution in [2.75, 3.05) is 12.4 Å². The van der Waals surface area contributed by atoms with Gasteiger partial charge in [0.05, 0.1) is 18.4 Å². The molecule has 108 valence electrons. The molecule has 0 saturated heterocycles. The molecule has 21 heavy (non-hydrogen) atoms. The summed E-state index contributed by atoms with van der Waals surface area (Å²) >= 11 is 0. The second-order valence-electron chi connectivity index (χ2n) is 4.18. The summed E-state index contributed by atoms with van der Waals surface area (Å²) in [5.74, 6) is -1.94. The van der Waals surface area contributed by atoms with Crippen molar-refractivity contribution >= 4 is 17.6 Å². The molecule has 0 radical (unpaired) electrons. The van der Waals surface area contributed by atoms with E-state index < -0.39 is 17.7 Å². The van der Waals surface area contributed by atoms with Crippen molar-refractivity contribution in [3.63, 3.8) is 0 Å². The number of hydrogen-bond acceptors (Lipinski definition) is 3. The Morgan fingerprint density at radius 1 is 1.14 bits per heavy atom. The molecular formula is C15H12FNO4. The van der Waals surface area contributed by atoms with Gasteiger partial charge in [-0.3, -0.25) is 4.79 Å². The number of rotatable bonds is 4. The molecule has 1 amide bonds. The minimum Gasteiger partial charge on any atom is -0.494 e. The Labute approximate surface area is 120 Å². The quantitative estimate of drug-likeness (QED) is 0.907. The number of methoxy groups -OCH3 is 1. The van der Waals surface area contributed by atoms with Crippen molar-refractivity contribution in [3.05, 3.63) is 59.4 Å². The SMILES string of the molecule is COc1cc(F)ccc1NC(=O)c1cccc(C(=O)O)c1. The number of aromatic carboxylic acids is 1. The zero-order chi connectivity index (χ0) is 15.4. The topological polar surface area (TPSA) is 75.6 Å². The Balaban J connectivity index is 2.26. The van der Waals surface area contributed by atoms with E-state index in [1.54, 1.807) is 0 Å². The van der Waals surface area contributed by atoms with Gasteiger partial charge in [0.2, 0.25) is 0 Å². The number of carbonyl (C=O) groups excluding carboxylic acids is 1. The highest BCUT2D eigenvalue weighted by Crippen LogP contribution is 2.25. The second kappa shape index (κ2) is 6.04. The molecule has 0 unspecified atom stereocenters. The predicted molar refractivity (Wildman–Crippen MR) is 74.3 cm³/mol. The Kier molecular flexibility index (Phi) is 4.18. The second-order valence-corrected chi connectivity index (χ2v) is 4.18. The summed E-state index contributed by atoms with van der Waals surface area (Å²) in [6.45, 7) is 0. The Bertz CT molecular complexity index is 700. The summed E-state index contributed by atoms with van der Waals surface area (Å²) < 4.78 is 18.1. The third-order valence-corrected chi connectivity index (χ3v) is 2.78. The maximum atomic E-state index is 13.1. The maximum Gasteiger partial charge on any atom is 0.335 e. The molecule has 0 atom stereocenters. The molecule has 0 heterocycles. The number of anilines is 1. The van der Waals surface area contributed by atoms with Gasteiger partial charge in [0, 0.05) is 11.6 Å². The predicted octanol–water partition coefficient (Wildman–Crippen LogP) is 2.78. The number of carboxylic acid groups (broad SMARTS) is 1. The average molecular weight is 289 g/mol. The zero-order valence-electron chi connectivity index (χ0n) is 11.1. The lowest BCUT2D eigenvalue weighted by Crippen LogP contribution is -2.13. The van der Waals surface area contributed by atoms with E-state index in [4.69, 9.17) is 9.84 Å². The number of hydrogen-bond donors (Lipinski definition) is 2. The van der Waals surface area contributed by atoms with Gasteiger partial charge in [-0.15, -0.1) is 0 Å². The van der Waals surface area contributed by atoms with Gasteiger partial charge in [0.1, 0.15) is 11.6 Å². The molecule has 0 aliphatic rings. The molecule has 5 nitrogen and oxygen atoms in total. The van der Waals surface area contributed by atoms with Gasteiger partial charge in [-0.1, -0.05) is 6.07 Å². The van der Waals surface area contributed by atoms with Gasteiger partial charge in [0.15, 0.2) is 0 Å². The number of amides is 1. The van der Waals surface area contributed by atoms with Crippen LogP contribution < -0.4 is 10.1 Å². The summed E-state index contributed by atoms with van der Waals surface area (Å²) in [4.78, 5) is 23.0. The number of halogens is 1. The summed E-state index contributed by atoms with van der Waals surface area (Å²) in [5, 5.41) is 11.4. The van der Waals surface area contributed by atoms with E-state index in [0.29, 0.717) is 5.69 Å². The fourth-order valence-corrected chi connectivity index (χ4v) is 1.76. The standard InChI is InChI=1S/C15H12FNO4/c1-21-13-8-11(16)5-6-12(13)17-14(18)9-3-2-4-10(7-9)15(19)20/h2-8H,1H3,(H,17,18)(H,19,20). The molecule has 0 aliphatic carbocycles. The highest BCUT2D eigenvalue weighted by atomic mass is 19.1. The van der Waals surface area contributed by atoms with E-state index in [9.17, 15) is 14.0 Å². The van der Waals surface area contributed by atoms with Gasteiger partial charge >= 0.3 is 5.97 Å². The molecular weight excluding hydrogens is 277 g/mol. The molecule has 2 rings (SSSR count). The van der Waals surface area contributed by atoms with E-state index in [0.717, 1.165) is 6.07 Å². The zero-order valence-corrected chi connectivity index (χ0v) is 11.1. The Hall–Kier alpha value is -2.89. The van der Waals surface area contributed by atoms with Crippen molar-refractivity contribution < 1.29 is 23.8 Å². The van der Waals surface area contributed by atoms with Crippen molar-refractivity contribution in [1.29, 1.82) is 0 Å². The molecule has 0 spiro atoms. The molecule has 2 aromatic carbocycles. The first-order valence-corrected chi connectivity index (χ1v) is 5.99. The van der Waals surface area contributed by atoms with Crippen LogP contribution in [0, 0.1) is 5.82 Å². The highest BCUT2D eigenvalue weighted by Gasteiger charge is 2.12. The summed E-state index contributed by atoms with van der Waals surface area (Å²) in [6, 6.07) is 9.30. The minimum atomic E-state index is -1.12. The van der Waals surface area contributed by atoms with E-state index in [1.165, 1.54) is 43.5 Å². The monoisotopic (exact) mass is 289 g/mol. The van der Waals surface area contributed by atoms with Crippen molar-refractivity contribution in [3.8, 4) is 5.75 Å².